The van der Waals surface area contributed by atoms with E-state index in [0.717, 1.165) is 59.4 Å². The zero-order valence-corrected chi connectivity index (χ0v) is 15.2. The summed E-state index contributed by atoms with van der Waals surface area (Å²) < 4.78 is 0. The van der Waals surface area contributed by atoms with Gasteiger partial charge >= 0.3 is 0 Å². The topological polar surface area (TPSA) is 61.9 Å². The summed E-state index contributed by atoms with van der Waals surface area (Å²) in [5.41, 5.74) is 4.19. The molecule has 4 aromatic rings. The first-order chi connectivity index (χ1) is 13.4. The molecule has 3 N–H and O–H groups in total. The number of para-hydroxylation sites is 2. The van der Waals surface area contributed by atoms with E-state index in [0.29, 0.717) is 0 Å². The van der Waals surface area contributed by atoms with E-state index >= 15 is 0 Å². The maximum Gasteiger partial charge on any atom is 0.0933 e. The lowest BCUT2D eigenvalue weighted by molar-refractivity contribution is 0.719. The zero-order valence-electron chi connectivity index (χ0n) is 15.2. The summed E-state index contributed by atoms with van der Waals surface area (Å²) in [5.74, 6) is 0. The number of aromatic nitrogens is 2. The summed E-state index contributed by atoms with van der Waals surface area (Å²) in [5, 5.41) is 12.7. The fourth-order valence-corrected chi connectivity index (χ4v) is 3.19. The first-order valence-electron chi connectivity index (χ1n) is 9.28. The Kier molecular flexibility index (Phi) is 5.41. The van der Waals surface area contributed by atoms with Crippen molar-refractivity contribution >= 4 is 33.2 Å². The van der Waals surface area contributed by atoms with Crippen molar-refractivity contribution in [2.45, 2.75) is 0 Å². The molecule has 0 radical (unpaired) electrons. The monoisotopic (exact) mass is 357 g/mol. The van der Waals surface area contributed by atoms with Crippen molar-refractivity contribution in [2.24, 2.45) is 0 Å². The summed E-state index contributed by atoms with van der Waals surface area (Å²) in [6.07, 6.45) is 3.67. The van der Waals surface area contributed by atoms with Gasteiger partial charge in [-0.15, -0.1) is 0 Å². The molecule has 2 aromatic carbocycles. The van der Waals surface area contributed by atoms with Gasteiger partial charge < -0.3 is 16.0 Å². The summed E-state index contributed by atoms with van der Waals surface area (Å²) in [7, 11) is 0. The maximum absolute atomic E-state index is 4.47. The first kappa shape index (κ1) is 17.2. The minimum absolute atomic E-state index is 0.853. The van der Waals surface area contributed by atoms with Crippen molar-refractivity contribution in [3.8, 4) is 0 Å². The molecule has 0 fully saturated rings. The van der Waals surface area contributed by atoms with Crippen LogP contribution in [0.2, 0.25) is 0 Å². The molecule has 0 saturated heterocycles. The van der Waals surface area contributed by atoms with E-state index in [-0.39, 0.29) is 0 Å². The standard InChI is InChI=1S/C22H23N5/c1-5-17-7-3-11-26-21(17)19(9-1)24-15-13-23-14-16-25-20-10-2-6-18-8-4-12-27-22(18)20/h1-12,23-25H,13-16H2. The quantitative estimate of drug-likeness (QED) is 0.418. The fourth-order valence-electron chi connectivity index (χ4n) is 3.19. The third-order valence-corrected chi connectivity index (χ3v) is 4.50. The molecular formula is C22H23N5. The zero-order chi connectivity index (χ0) is 18.3. The number of rotatable bonds is 8. The largest absolute Gasteiger partial charge is 0.382 e. The number of pyridine rings is 2. The van der Waals surface area contributed by atoms with Crippen LogP contribution in [0.15, 0.2) is 73.1 Å². The van der Waals surface area contributed by atoms with Gasteiger partial charge in [-0.2, -0.15) is 0 Å². The predicted octanol–water partition coefficient (Wildman–Crippen LogP) is 3.90. The Morgan fingerprint density at radius 3 is 1.56 bits per heavy atom. The number of fused-ring (bicyclic) bond motifs is 2. The maximum atomic E-state index is 4.47. The van der Waals surface area contributed by atoms with Crippen LogP contribution in [0.25, 0.3) is 21.8 Å². The summed E-state index contributed by atoms with van der Waals surface area (Å²) in [6, 6.07) is 20.5. The minimum atomic E-state index is 0.853. The number of benzene rings is 2. The first-order valence-corrected chi connectivity index (χ1v) is 9.28. The highest BCUT2D eigenvalue weighted by Gasteiger charge is 2.01. The highest BCUT2D eigenvalue weighted by molar-refractivity contribution is 5.90. The van der Waals surface area contributed by atoms with E-state index in [4.69, 9.17) is 0 Å². The highest BCUT2D eigenvalue weighted by Crippen LogP contribution is 2.21. The van der Waals surface area contributed by atoms with Gasteiger partial charge in [0.1, 0.15) is 0 Å². The van der Waals surface area contributed by atoms with Gasteiger partial charge in [0.15, 0.2) is 0 Å². The number of nitrogens with zero attached hydrogens (tertiary/aromatic N) is 2. The van der Waals surface area contributed by atoms with Crippen LogP contribution >= 0.6 is 0 Å². The van der Waals surface area contributed by atoms with Crippen LogP contribution in [0.3, 0.4) is 0 Å². The summed E-state index contributed by atoms with van der Waals surface area (Å²) in [4.78, 5) is 8.94. The van der Waals surface area contributed by atoms with Crippen LogP contribution in [-0.2, 0) is 0 Å². The molecule has 0 aliphatic heterocycles. The molecular weight excluding hydrogens is 334 g/mol. The second kappa shape index (κ2) is 8.47. The highest BCUT2D eigenvalue weighted by atomic mass is 15.0. The molecule has 5 heteroatoms. The van der Waals surface area contributed by atoms with Gasteiger partial charge in [0.2, 0.25) is 0 Å². The van der Waals surface area contributed by atoms with E-state index in [9.17, 15) is 0 Å². The lowest BCUT2D eigenvalue weighted by Gasteiger charge is -2.11. The van der Waals surface area contributed by atoms with E-state index < -0.39 is 0 Å². The van der Waals surface area contributed by atoms with Gasteiger partial charge in [-0.25, -0.2) is 0 Å². The lowest BCUT2D eigenvalue weighted by atomic mass is 10.2. The van der Waals surface area contributed by atoms with Crippen LogP contribution < -0.4 is 16.0 Å². The molecule has 0 unspecified atom stereocenters. The molecule has 0 atom stereocenters. The van der Waals surface area contributed by atoms with Crippen molar-refractivity contribution in [3.05, 3.63) is 73.1 Å². The Labute approximate surface area is 158 Å². The molecule has 0 spiro atoms. The minimum Gasteiger partial charge on any atom is -0.382 e. The molecule has 2 aromatic heterocycles. The SMILES string of the molecule is c1cnc2c(NCCNCCNc3cccc4cccnc34)cccc2c1. The Morgan fingerprint density at radius 2 is 1.04 bits per heavy atom. The predicted molar refractivity (Wildman–Crippen MR) is 113 cm³/mol. The van der Waals surface area contributed by atoms with Gasteiger partial charge in [0, 0.05) is 49.3 Å². The van der Waals surface area contributed by atoms with Crippen molar-refractivity contribution in [2.75, 3.05) is 36.8 Å². The molecule has 136 valence electrons. The van der Waals surface area contributed by atoms with Crippen LogP contribution in [0, 0.1) is 0 Å². The van der Waals surface area contributed by atoms with Crippen molar-refractivity contribution in [1.29, 1.82) is 0 Å². The van der Waals surface area contributed by atoms with Gasteiger partial charge in [-0.05, 0) is 24.3 Å². The third kappa shape index (κ3) is 4.15. The molecule has 0 aliphatic rings. The molecule has 5 nitrogen and oxygen atoms in total. The van der Waals surface area contributed by atoms with Crippen molar-refractivity contribution in [1.82, 2.24) is 15.3 Å². The second-order valence-electron chi connectivity index (χ2n) is 6.36. The Balaban J connectivity index is 1.22. The van der Waals surface area contributed by atoms with E-state index in [1.807, 2.05) is 24.5 Å². The van der Waals surface area contributed by atoms with Crippen molar-refractivity contribution in [3.63, 3.8) is 0 Å². The Bertz CT molecular complexity index is 937. The summed E-state index contributed by atoms with van der Waals surface area (Å²) in [6.45, 7) is 3.48. The molecule has 0 amide bonds. The normalized spacial score (nSPS) is 11.0. The number of hydrogen-bond acceptors (Lipinski definition) is 5. The van der Waals surface area contributed by atoms with Gasteiger partial charge in [-0.1, -0.05) is 36.4 Å². The van der Waals surface area contributed by atoms with Crippen molar-refractivity contribution < 1.29 is 0 Å². The van der Waals surface area contributed by atoms with E-state index in [2.05, 4.69) is 74.4 Å². The number of anilines is 2. The van der Waals surface area contributed by atoms with Gasteiger partial charge in [0.25, 0.3) is 0 Å². The van der Waals surface area contributed by atoms with E-state index in [1.54, 1.807) is 0 Å². The summed E-state index contributed by atoms with van der Waals surface area (Å²) >= 11 is 0. The fraction of sp³-hybridized carbons (Fsp3) is 0.182. The average molecular weight is 357 g/mol. The molecule has 0 bridgehead atoms. The smallest absolute Gasteiger partial charge is 0.0933 e. The number of nitrogens with one attached hydrogen (secondary N) is 3. The Morgan fingerprint density at radius 1 is 0.556 bits per heavy atom. The van der Waals surface area contributed by atoms with E-state index in [1.165, 1.54) is 0 Å². The number of hydrogen-bond donors (Lipinski definition) is 3. The lowest BCUT2D eigenvalue weighted by Crippen LogP contribution is -2.27. The molecule has 0 saturated carbocycles. The molecule has 27 heavy (non-hydrogen) atoms. The molecule has 2 heterocycles. The Hall–Kier alpha value is -3.18. The molecule has 0 aliphatic carbocycles. The van der Waals surface area contributed by atoms with Crippen LogP contribution in [0.4, 0.5) is 11.4 Å². The van der Waals surface area contributed by atoms with Gasteiger partial charge in [-0.3, -0.25) is 9.97 Å². The second-order valence-corrected chi connectivity index (χ2v) is 6.36. The third-order valence-electron chi connectivity index (χ3n) is 4.50. The average Bonchev–Trinajstić information content (AvgIpc) is 2.73. The van der Waals surface area contributed by atoms with Crippen LogP contribution in [0.1, 0.15) is 0 Å². The van der Waals surface area contributed by atoms with Gasteiger partial charge in [0.05, 0.1) is 22.4 Å². The van der Waals surface area contributed by atoms with Crippen LogP contribution in [0.5, 0.6) is 0 Å². The molecule has 4 rings (SSSR count). The van der Waals surface area contributed by atoms with Crippen LogP contribution in [-0.4, -0.2) is 36.1 Å².